The number of nitrogens with zero attached hydrogens (tertiary/aromatic N) is 1. The average molecular weight is 338 g/mol. The van der Waals surface area contributed by atoms with Crippen molar-refractivity contribution < 1.29 is 19.4 Å². The minimum Gasteiger partial charge on any atom is -0.493 e. The van der Waals surface area contributed by atoms with Gasteiger partial charge >= 0.3 is 5.97 Å². The Morgan fingerprint density at radius 3 is 2.65 bits per heavy atom. The van der Waals surface area contributed by atoms with Gasteiger partial charge in [-0.05, 0) is 29.8 Å². The van der Waals surface area contributed by atoms with E-state index in [0.29, 0.717) is 10.2 Å². The third-order valence-electron chi connectivity index (χ3n) is 2.60. The summed E-state index contributed by atoms with van der Waals surface area (Å²) in [5, 5.41) is 9.24. The van der Waals surface area contributed by atoms with Crippen LogP contribution < -0.4 is 9.47 Å². The van der Waals surface area contributed by atoms with Crippen LogP contribution in [0, 0.1) is 0 Å². The van der Waals surface area contributed by atoms with E-state index in [1.807, 2.05) is 0 Å². The lowest BCUT2D eigenvalue weighted by Gasteiger charge is -2.13. The van der Waals surface area contributed by atoms with Crippen LogP contribution >= 0.6 is 15.9 Å². The molecule has 2 rings (SSSR count). The molecule has 0 saturated heterocycles. The largest absolute Gasteiger partial charge is 0.493 e. The summed E-state index contributed by atoms with van der Waals surface area (Å²) in [5.74, 6) is -0.500. The van der Waals surface area contributed by atoms with Gasteiger partial charge < -0.3 is 14.6 Å². The molecule has 20 heavy (non-hydrogen) atoms. The highest BCUT2D eigenvalue weighted by Gasteiger charge is 2.18. The number of benzene rings is 1. The third kappa shape index (κ3) is 3.27. The second-order valence-electron chi connectivity index (χ2n) is 3.93. The van der Waals surface area contributed by atoms with E-state index in [-0.39, 0.29) is 17.9 Å². The number of hydrogen-bond donors (Lipinski definition) is 1. The van der Waals surface area contributed by atoms with Crippen LogP contribution in [0.25, 0.3) is 0 Å². The molecule has 0 atom stereocenters. The summed E-state index contributed by atoms with van der Waals surface area (Å²) in [6.07, 6.45) is 3.30. The number of carboxylic acids is 1. The molecule has 0 bridgehead atoms. The molecule has 104 valence electrons. The lowest BCUT2D eigenvalue weighted by atomic mass is 10.2. The van der Waals surface area contributed by atoms with Crippen molar-refractivity contribution >= 4 is 21.9 Å². The van der Waals surface area contributed by atoms with Crippen molar-refractivity contribution in [3.8, 4) is 11.5 Å². The summed E-state index contributed by atoms with van der Waals surface area (Å²) in [6.45, 7) is 0.237. The Kier molecular flexibility index (Phi) is 4.57. The molecule has 6 heteroatoms. The van der Waals surface area contributed by atoms with Gasteiger partial charge in [-0.1, -0.05) is 15.9 Å². The van der Waals surface area contributed by atoms with E-state index in [4.69, 9.17) is 9.47 Å². The number of ether oxygens (including phenoxy) is 2. The lowest BCUT2D eigenvalue weighted by molar-refractivity contribution is 0.0690. The van der Waals surface area contributed by atoms with E-state index < -0.39 is 5.97 Å². The lowest BCUT2D eigenvalue weighted by Crippen LogP contribution is -2.05. The van der Waals surface area contributed by atoms with Gasteiger partial charge in [0.25, 0.3) is 0 Å². The van der Waals surface area contributed by atoms with Crippen molar-refractivity contribution in [3.63, 3.8) is 0 Å². The molecule has 1 aromatic carbocycles. The van der Waals surface area contributed by atoms with E-state index in [1.165, 1.54) is 13.2 Å². The second-order valence-corrected chi connectivity index (χ2v) is 4.85. The molecule has 0 saturated carbocycles. The van der Waals surface area contributed by atoms with Crippen LogP contribution in [-0.2, 0) is 6.61 Å². The molecule has 1 N–H and O–H groups in total. The van der Waals surface area contributed by atoms with Crippen LogP contribution in [0.1, 0.15) is 15.9 Å². The van der Waals surface area contributed by atoms with Crippen LogP contribution in [0.2, 0.25) is 0 Å². The molecule has 0 unspecified atom stereocenters. The summed E-state index contributed by atoms with van der Waals surface area (Å²) >= 11 is 3.25. The monoisotopic (exact) mass is 337 g/mol. The summed E-state index contributed by atoms with van der Waals surface area (Å²) < 4.78 is 11.4. The molecule has 0 radical (unpaired) electrons. The van der Waals surface area contributed by atoms with Crippen molar-refractivity contribution in [2.75, 3.05) is 7.11 Å². The summed E-state index contributed by atoms with van der Waals surface area (Å²) in [7, 11) is 1.46. The van der Waals surface area contributed by atoms with E-state index in [1.54, 1.807) is 30.6 Å². The molecule has 1 aromatic heterocycles. The number of aromatic nitrogens is 1. The number of rotatable bonds is 5. The fourth-order valence-corrected chi connectivity index (χ4v) is 2.10. The smallest absolute Gasteiger partial charge is 0.339 e. The SMILES string of the molecule is COc1cc(Br)cc(C(=O)O)c1OCc1ccncc1. The first-order valence-corrected chi connectivity index (χ1v) is 6.53. The third-order valence-corrected chi connectivity index (χ3v) is 3.06. The van der Waals surface area contributed by atoms with Crippen LogP contribution in [0.3, 0.4) is 0 Å². The number of halogens is 1. The topological polar surface area (TPSA) is 68.7 Å². The number of pyridine rings is 1. The summed E-state index contributed by atoms with van der Waals surface area (Å²) in [5.41, 5.74) is 0.937. The van der Waals surface area contributed by atoms with Crippen LogP contribution in [0.5, 0.6) is 11.5 Å². The zero-order chi connectivity index (χ0) is 14.5. The number of carboxylic acid groups (broad SMARTS) is 1. The molecular weight excluding hydrogens is 326 g/mol. The van der Waals surface area contributed by atoms with Gasteiger partial charge in [0, 0.05) is 16.9 Å². The quantitative estimate of drug-likeness (QED) is 0.907. The van der Waals surface area contributed by atoms with E-state index in [9.17, 15) is 9.90 Å². The molecule has 1 heterocycles. The Bertz CT molecular complexity index is 616. The number of carbonyl (C=O) groups is 1. The Labute approximate surface area is 124 Å². The van der Waals surface area contributed by atoms with Gasteiger partial charge in [-0.15, -0.1) is 0 Å². The predicted molar refractivity (Wildman–Crippen MR) is 76.2 cm³/mol. The van der Waals surface area contributed by atoms with Gasteiger partial charge in [-0.25, -0.2) is 4.79 Å². The van der Waals surface area contributed by atoms with Crippen molar-refractivity contribution in [1.29, 1.82) is 0 Å². The maximum atomic E-state index is 11.3. The van der Waals surface area contributed by atoms with Gasteiger partial charge in [0.2, 0.25) is 0 Å². The molecule has 5 nitrogen and oxygen atoms in total. The molecule has 2 aromatic rings. The second kappa shape index (κ2) is 6.38. The molecule has 0 aliphatic heterocycles. The Hall–Kier alpha value is -2.08. The van der Waals surface area contributed by atoms with Gasteiger partial charge in [-0.3, -0.25) is 4.98 Å². The number of aromatic carboxylic acids is 1. The number of methoxy groups -OCH3 is 1. The molecule has 0 spiro atoms. The first kappa shape index (κ1) is 14.3. The molecule has 0 amide bonds. The summed E-state index contributed by atoms with van der Waals surface area (Å²) in [6, 6.07) is 6.73. The van der Waals surface area contributed by atoms with Gasteiger partial charge in [0.05, 0.1) is 7.11 Å². The van der Waals surface area contributed by atoms with Crippen molar-refractivity contribution in [1.82, 2.24) is 4.98 Å². The fourth-order valence-electron chi connectivity index (χ4n) is 1.66. The van der Waals surface area contributed by atoms with Crippen LogP contribution in [-0.4, -0.2) is 23.2 Å². The Morgan fingerprint density at radius 1 is 1.35 bits per heavy atom. The highest BCUT2D eigenvalue weighted by molar-refractivity contribution is 9.10. The standard InChI is InChI=1S/C14H12BrNO4/c1-19-12-7-10(15)6-11(14(17)18)13(12)20-8-9-2-4-16-5-3-9/h2-7H,8H2,1H3,(H,17,18). The molecule has 0 aliphatic rings. The van der Waals surface area contributed by atoms with E-state index in [2.05, 4.69) is 20.9 Å². The Balaban J connectivity index is 2.32. The first-order valence-electron chi connectivity index (χ1n) is 5.74. The molecular formula is C14H12BrNO4. The van der Waals surface area contributed by atoms with E-state index >= 15 is 0 Å². The molecule has 0 aliphatic carbocycles. The minimum atomic E-state index is -1.07. The Morgan fingerprint density at radius 2 is 2.05 bits per heavy atom. The highest BCUT2D eigenvalue weighted by atomic mass is 79.9. The van der Waals surface area contributed by atoms with Gasteiger partial charge in [0.15, 0.2) is 11.5 Å². The van der Waals surface area contributed by atoms with Crippen molar-refractivity contribution in [2.45, 2.75) is 6.61 Å². The minimum absolute atomic E-state index is 0.0466. The zero-order valence-electron chi connectivity index (χ0n) is 10.7. The normalized spacial score (nSPS) is 10.1. The highest BCUT2D eigenvalue weighted by Crippen LogP contribution is 2.35. The average Bonchev–Trinajstić information content (AvgIpc) is 2.46. The van der Waals surface area contributed by atoms with Gasteiger partial charge in [0.1, 0.15) is 12.2 Å². The predicted octanol–water partition coefficient (Wildman–Crippen LogP) is 3.13. The maximum absolute atomic E-state index is 11.3. The van der Waals surface area contributed by atoms with Crippen molar-refractivity contribution in [3.05, 3.63) is 52.3 Å². The van der Waals surface area contributed by atoms with E-state index in [0.717, 1.165) is 5.56 Å². The first-order chi connectivity index (χ1) is 9.61. The fraction of sp³-hybridized carbons (Fsp3) is 0.143. The maximum Gasteiger partial charge on any atom is 0.339 e. The zero-order valence-corrected chi connectivity index (χ0v) is 12.3. The van der Waals surface area contributed by atoms with Gasteiger partial charge in [-0.2, -0.15) is 0 Å². The van der Waals surface area contributed by atoms with Crippen LogP contribution in [0.15, 0.2) is 41.1 Å². The summed E-state index contributed by atoms with van der Waals surface area (Å²) in [4.78, 5) is 15.2. The van der Waals surface area contributed by atoms with Crippen molar-refractivity contribution in [2.24, 2.45) is 0 Å². The number of hydrogen-bond acceptors (Lipinski definition) is 4. The molecule has 0 fully saturated rings. The van der Waals surface area contributed by atoms with Crippen LogP contribution in [0.4, 0.5) is 0 Å².